The lowest BCUT2D eigenvalue weighted by Crippen LogP contribution is -2.30. The highest BCUT2D eigenvalue weighted by molar-refractivity contribution is 7.93. The van der Waals surface area contributed by atoms with Crippen molar-refractivity contribution in [2.75, 3.05) is 10.8 Å². The first-order chi connectivity index (χ1) is 9.95. The van der Waals surface area contributed by atoms with Crippen LogP contribution in [0, 0.1) is 12.7 Å². The summed E-state index contributed by atoms with van der Waals surface area (Å²) >= 11 is 0. The number of aromatic amines is 1. The van der Waals surface area contributed by atoms with Crippen molar-refractivity contribution in [2.45, 2.75) is 24.8 Å². The third-order valence-electron chi connectivity index (χ3n) is 3.60. The van der Waals surface area contributed by atoms with Crippen LogP contribution in [-0.4, -0.2) is 25.2 Å². The average molecular weight is 310 g/mol. The summed E-state index contributed by atoms with van der Waals surface area (Å²) in [6.45, 7) is 1.93. The van der Waals surface area contributed by atoms with Gasteiger partial charge in [0.25, 0.3) is 10.0 Å². The maximum atomic E-state index is 13.4. The van der Waals surface area contributed by atoms with Crippen molar-refractivity contribution in [1.29, 1.82) is 0 Å². The lowest BCUT2D eigenvalue weighted by molar-refractivity contribution is 0.590. The molecule has 1 aromatic heterocycles. The molecular formula is C13H15FN4O2S. The second kappa shape index (κ2) is 4.81. The van der Waals surface area contributed by atoms with Gasteiger partial charge in [-0.25, -0.2) is 12.8 Å². The number of aryl methyl sites for hydroxylation is 1. The number of nitrogens with zero attached hydrogens (tertiary/aromatic N) is 2. The Labute approximate surface area is 121 Å². The summed E-state index contributed by atoms with van der Waals surface area (Å²) < 4.78 is 40.4. The molecule has 0 bridgehead atoms. The van der Waals surface area contributed by atoms with Crippen LogP contribution >= 0.6 is 0 Å². The zero-order valence-corrected chi connectivity index (χ0v) is 12.2. The number of anilines is 1. The van der Waals surface area contributed by atoms with Crippen LogP contribution in [0.2, 0.25) is 0 Å². The summed E-state index contributed by atoms with van der Waals surface area (Å²) in [6, 6.07) is 4.20. The zero-order chi connectivity index (χ0) is 15.2. The molecule has 3 N–H and O–H groups in total. The fourth-order valence-corrected chi connectivity index (χ4v) is 4.47. The molecule has 1 aromatic carbocycles. The lowest BCUT2D eigenvalue weighted by atomic mass is 10.2. The van der Waals surface area contributed by atoms with E-state index in [4.69, 9.17) is 5.73 Å². The van der Waals surface area contributed by atoms with Gasteiger partial charge in [-0.3, -0.25) is 9.40 Å². The molecule has 112 valence electrons. The van der Waals surface area contributed by atoms with Gasteiger partial charge in [0.15, 0.2) is 0 Å². The van der Waals surface area contributed by atoms with Crippen LogP contribution in [0.5, 0.6) is 0 Å². The van der Waals surface area contributed by atoms with Crippen molar-refractivity contribution in [2.24, 2.45) is 5.73 Å². The third kappa shape index (κ3) is 2.11. The van der Waals surface area contributed by atoms with Crippen molar-refractivity contribution in [1.82, 2.24) is 10.2 Å². The van der Waals surface area contributed by atoms with E-state index in [0.717, 1.165) is 5.56 Å². The van der Waals surface area contributed by atoms with E-state index in [9.17, 15) is 12.8 Å². The summed E-state index contributed by atoms with van der Waals surface area (Å²) in [6.07, 6.45) is 0.559. The molecule has 0 atom stereocenters. The number of sulfonamides is 1. The molecule has 0 spiro atoms. The number of H-pyrrole nitrogens is 1. The monoisotopic (exact) mass is 310 g/mol. The molecule has 0 saturated heterocycles. The lowest BCUT2D eigenvalue weighted by Gasteiger charge is -2.20. The van der Waals surface area contributed by atoms with Crippen LogP contribution < -0.4 is 10.0 Å². The molecule has 0 fully saturated rings. The normalized spacial score (nSPS) is 14.5. The number of halogens is 1. The van der Waals surface area contributed by atoms with Crippen molar-refractivity contribution in [3.8, 4) is 0 Å². The van der Waals surface area contributed by atoms with Gasteiger partial charge in [-0.05, 0) is 31.0 Å². The first-order valence-corrected chi connectivity index (χ1v) is 7.94. The van der Waals surface area contributed by atoms with Crippen LogP contribution in [0.1, 0.15) is 17.0 Å². The summed E-state index contributed by atoms with van der Waals surface area (Å²) in [7, 11) is -3.81. The van der Waals surface area contributed by atoms with Crippen LogP contribution in [0.4, 0.5) is 10.1 Å². The van der Waals surface area contributed by atoms with Crippen LogP contribution in [0.15, 0.2) is 23.1 Å². The van der Waals surface area contributed by atoms with Gasteiger partial charge >= 0.3 is 0 Å². The van der Waals surface area contributed by atoms with Crippen LogP contribution in [0.3, 0.4) is 0 Å². The molecular weight excluding hydrogens is 295 g/mol. The van der Waals surface area contributed by atoms with Crippen molar-refractivity contribution < 1.29 is 12.8 Å². The Hall–Kier alpha value is -1.93. The molecule has 0 unspecified atom stereocenters. The maximum Gasteiger partial charge on any atom is 0.268 e. The van der Waals surface area contributed by atoms with Gasteiger partial charge in [0.1, 0.15) is 10.7 Å². The minimum Gasteiger partial charge on any atom is -0.325 e. The highest BCUT2D eigenvalue weighted by Crippen LogP contribution is 2.34. The molecule has 6 nitrogen and oxygen atoms in total. The predicted octanol–water partition coefficient (Wildman–Crippen LogP) is 1.07. The minimum atomic E-state index is -3.81. The molecule has 0 aliphatic carbocycles. The van der Waals surface area contributed by atoms with Crippen LogP contribution in [0.25, 0.3) is 0 Å². The fourth-order valence-electron chi connectivity index (χ4n) is 2.63. The Morgan fingerprint density at radius 3 is 2.95 bits per heavy atom. The molecule has 0 amide bonds. The Morgan fingerprint density at radius 1 is 1.48 bits per heavy atom. The second-order valence-corrected chi connectivity index (χ2v) is 6.73. The Balaban J connectivity index is 2.13. The quantitative estimate of drug-likeness (QED) is 0.887. The van der Waals surface area contributed by atoms with Gasteiger partial charge in [0.05, 0.1) is 17.1 Å². The summed E-state index contributed by atoms with van der Waals surface area (Å²) in [5, 5.41) is 6.56. The fraction of sp³-hybridized carbons (Fsp3) is 0.308. The summed E-state index contributed by atoms with van der Waals surface area (Å²) in [5.74, 6) is -0.459. The van der Waals surface area contributed by atoms with E-state index in [1.54, 1.807) is 13.0 Å². The molecule has 1 aliphatic rings. The van der Waals surface area contributed by atoms with Gasteiger partial charge in [0, 0.05) is 13.1 Å². The van der Waals surface area contributed by atoms with Crippen molar-refractivity contribution in [3.05, 3.63) is 41.0 Å². The number of hydrogen-bond acceptors (Lipinski definition) is 4. The SMILES string of the molecule is Cc1[nH]nc(CN)c1S(=O)(=O)N1CCc2ccc(F)cc21. The number of fused-ring (bicyclic) bond motifs is 1. The smallest absolute Gasteiger partial charge is 0.268 e. The summed E-state index contributed by atoms with van der Waals surface area (Å²) in [4.78, 5) is 0.0853. The van der Waals surface area contributed by atoms with Gasteiger partial charge in [0.2, 0.25) is 0 Å². The molecule has 21 heavy (non-hydrogen) atoms. The Bertz CT molecular complexity index is 800. The molecule has 0 saturated carbocycles. The van der Waals surface area contributed by atoms with E-state index in [2.05, 4.69) is 10.2 Å². The number of rotatable bonds is 3. The molecule has 8 heteroatoms. The highest BCUT2D eigenvalue weighted by Gasteiger charge is 2.34. The van der Waals surface area contributed by atoms with Crippen LogP contribution in [-0.2, 0) is 23.0 Å². The van der Waals surface area contributed by atoms with Gasteiger partial charge in [-0.15, -0.1) is 0 Å². The number of hydrogen-bond donors (Lipinski definition) is 2. The van der Waals surface area contributed by atoms with E-state index in [1.165, 1.54) is 16.4 Å². The molecule has 3 rings (SSSR count). The molecule has 1 aliphatic heterocycles. The van der Waals surface area contributed by atoms with Gasteiger partial charge < -0.3 is 5.73 Å². The van der Waals surface area contributed by atoms with Crippen molar-refractivity contribution in [3.63, 3.8) is 0 Å². The largest absolute Gasteiger partial charge is 0.325 e. The third-order valence-corrected chi connectivity index (χ3v) is 5.62. The minimum absolute atomic E-state index is 0.0166. The zero-order valence-electron chi connectivity index (χ0n) is 11.4. The Morgan fingerprint density at radius 2 is 2.24 bits per heavy atom. The first kappa shape index (κ1) is 14.0. The average Bonchev–Trinajstić information content (AvgIpc) is 3.01. The number of benzene rings is 1. The number of nitrogens with one attached hydrogen (secondary N) is 1. The van der Waals surface area contributed by atoms with E-state index < -0.39 is 15.8 Å². The number of nitrogens with two attached hydrogens (primary N) is 1. The number of aromatic nitrogens is 2. The second-order valence-electron chi connectivity index (χ2n) is 4.93. The van der Waals surface area contributed by atoms with Crippen molar-refractivity contribution >= 4 is 15.7 Å². The van der Waals surface area contributed by atoms with Gasteiger partial charge in [-0.2, -0.15) is 5.10 Å². The summed E-state index contributed by atoms with van der Waals surface area (Å²) in [5.41, 5.74) is 7.48. The molecule has 0 radical (unpaired) electrons. The van der Waals surface area contributed by atoms with E-state index in [0.29, 0.717) is 17.8 Å². The Kier molecular flexibility index (Phi) is 3.22. The first-order valence-electron chi connectivity index (χ1n) is 6.50. The topological polar surface area (TPSA) is 92.1 Å². The maximum absolute atomic E-state index is 13.4. The molecule has 2 heterocycles. The highest BCUT2D eigenvalue weighted by atomic mass is 32.2. The van der Waals surface area contributed by atoms with Gasteiger partial charge in [-0.1, -0.05) is 6.07 Å². The molecule has 2 aromatic rings. The van der Waals surface area contributed by atoms with E-state index >= 15 is 0 Å². The predicted molar refractivity (Wildman–Crippen MR) is 75.9 cm³/mol. The standard InChI is InChI=1S/C13H15FN4O2S/c1-8-13(11(7-15)17-16-8)21(19,20)18-5-4-9-2-3-10(14)6-12(9)18/h2-3,6H,4-5,7,15H2,1H3,(H,16,17). The van der Waals surface area contributed by atoms with E-state index in [-0.39, 0.29) is 23.7 Å². The van der Waals surface area contributed by atoms with E-state index in [1.807, 2.05) is 0 Å².